The first kappa shape index (κ1) is 15.7. The van der Waals surface area contributed by atoms with Crippen molar-refractivity contribution in [3.8, 4) is 17.3 Å². The van der Waals surface area contributed by atoms with Gasteiger partial charge in [0.1, 0.15) is 11.9 Å². The van der Waals surface area contributed by atoms with Crippen molar-refractivity contribution in [3.63, 3.8) is 0 Å². The summed E-state index contributed by atoms with van der Waals surface area (Å²) in [4.78, 5) is 10.6. The van der Waals surface area contributed by atoms with E-state index >= 15 is 0 Å². The molecule has 2 heterocycles. The van der Waals surface area contributed by atoms with E-state index < -0.39 is 4.92 Å². The van der Waals surface area contributed by atoms with Crippen molar-refractivity contribution in [2.45, 2.75) is 19.9 Å². The summed E-state index contributed by atoms with van der Waals surface area (Å²) >= 11 is 0. The molecular formula is C15H15N5O4. The Morgan fingerprint density at radius 3 is 2.67 bits per heavy atom. The Hall–Kier alpha value is -3.23. The molecule has 2 aromatic heterocycles. The van der Waals surface area contributed by atoms with Crippen LogP contribution in [0.2, 0.25) is 0 Å². The maximum absolute atomic E-state index is 11.1. The van der Waals surface area contributed by atoms with Gasteiger partial charge in [-0.25, -0.2) is 0 Å². The second-order valence-electron chi connectivity index (χ2n) is 5.00. The molecule has 124 valence electrons. The minimum atomic E-state index is -0.512. The molecular weight excluding hydrogens is 314 g/mol. The van der Waals surface area contributed by atoms with Gasteiger partial charge in [0.25, 0.3) is 5.89 Å². The van der Waals surface area contributed by atoms with Crippen LogP contribution >= 0.6 is 0 Å². The third-order valence-electron chi connectivity index (χ3n) is 3.45. The van der Waals surface area contributed by atoms with Crippen molar-refractivity contribution in [2.24, 2.45) is 0 Å². The van der Waals surface area contributed by atoms with Crippen LogP contribution in [-0.4, -0.2) is 32.0 Å². The number of aryl methyl sites for hydroxylation is 1. The average Bonchev–Trinajstić information content (AvgIpc) is 3.22. The second kappa shape index (κ2) is 6.49. The summed E-state index contributed by atoms with van der Waals surface area (Å²) in [6.45, 7) is 2.34. The maximum Gasteiger partial charge on any atom is 0.320 e. The molecule has 0 bridgehead atoms. The molecule has 3 rings (SSSR count). The van der Waals surface area contributed by atoms with E-state index in [-0.39, 0.29) is 17.3 Å². The lowest BCUT2D eigenvalue weighted by atomic mass is 10.1. The molecule has 0 fully saturated rings. The second-order valence-corrected chi connectivity index (χ2v) is 5.00. The van der Waals surface area contributed by atoms with Crippen LogP contribution in [0.4, 0.5) is 5.69 Å². The molecule has 0 saturated carbocycles. The standard InChI is InChI=1S/C15H15N5O4/c1-3-19-9-12(20(21)22)14(18-19)15-17-16-13(24-15)8-10-4-6-11(23-2)7-5-10/h4-7,9H,3,8H2,1-2H3. The fourth-order valence-corrected chi connectivity index (χ4v) is 2.20. The zero-order chi connectivity index (χ0) is 17.1. The summed E-state index contributed by atoms with van der Waals surface area (Å²) < 4.78 is 12.1. The van der Waals surface area contributed by atoms with Gasteiger partial charge in [0.15, 0.2) is 0 Å². The van der Waals surface area contributed by atoms with Crippen LogP contribution in [0, 0.1) is 10.1 Å². The number of nitro groups is 1. The fraction of sp³-hybridized carbons (Fsp3) is 0.267. The van der Waals surface area contributed by atoms with Crippen molar-refractivity contribution in [1.29, 1.82) is 0 Å². The molecule has 0 saturated heterocycles. The van der Waals surface area contributed by atoms with Gasteiger partial charge in [0, 0.05) is 6.54 Å². The molecule has 0 amide bonds. The van der Waals surface area contributed by atoms with Gasteiger partial charge in [-0.15, -0.1) is 10.2 Å². The van der Waals surface area contributed by atoms with Crippen LogP contribution < -0.4 is 4.74 Å². The van der Waals surface area contributed by atoms with Gasteiger partial charge in [0.2, 0.25) is 11.6 Å². The van der Waals surface area contributed by atoms with Gasteiger partial charge in [0.05, 0.1) is 18.5 Å². The van der Waals surface area contributed by atoms with Gasteiger partial charge >= 0.3 is 5.69 Å². The lowest BCUT2D eigenvalue weighted by molar-refractivity contribution is -0.384. The van der Waals surface area contributed by atoms with Gasteiger partial charge in [-0.2, -0.15) is 5.10 Å². The predicted molar refractivity (Wildman–Crippen MR) is 83.6 cm³/mol. The van der Waals surface area contributed by atoms with Crippen LogP contribution in [0.3, 0.4) is 0 Å². The highest BCUT2D eigenvalue weighted by atomic mass is 16.6. The van der Waals surface area contributed by atoms with Crippen LogP contribution in [0.15, 0.2) is 34.9 Å². The summed E-state index contributed by atoms with van der Waals surface area (Å²) in [6, 6.07) is 7.44. The number of benzene rings is 1. The third kappa shape index (κ3) is 3.09. The molecule has 0 spiro atoms. The van der Waals surface area contributed by atoms with Crippen molar-refractivity contribution < 1.29 is 14.1 Å². The molecule has 0 unspecified atom stereocenters. The van der Waals surface area contributed by atoms with Gasteiger partial charge in [-0.3, -0.25) is 14.8 Å². The molecule has 0 atom stereocenters. The van der Waals surface area contributed by atoms with E-state index in [1.54, 1.807) is 7.11 Å². The number of ether oxygens (including phenoxy) is 1. The van der Waals surface area contributed by atoms with Crippen LogP contribution in [0.25, 0.3) is 11.6 Å². The predicted octanol–water partition coefficient (Wildman–Crippen LogP) is 2.46. The third-order valence-corrected chi connectivity index (χ3v) is 3.45. The topological polar surface area (TPSA) is 109 Å². The molecule has 3 aromatic rings. The Morgan fingerprint density at radius 1 is 1.29 bits per heavy atom. The number of aromatic nitrogens is 4. The van der Waals surface area contributed by atoms with E-state index in [4.69, 9.17) is 9.15 Å². The number of methoxy groups -OCH3 is 1. The lowest BCUT2D eigenvalue weighted by Crippen LogP contribution is -1.93. The molecule has 9 nitrogen and oxygen atoms in total. The average molecular weight is 329 g/mol. The molecule has 0 aliphatic carbocycles. The van der Waals surface area contributed by atoms with Gasteiger partial charge in [-0.1, -0.05) is 12.1 Å². The van der Waals surface area contributed by atoms with E-state index in [2.05, 4.69) is 15.3 Å². The monoisotopic (exact) mass is 329 g/mol. The van der Waals surface area contributed by atoms with Crippen LogP contribution in [-0.2, 0) is 13.0 Å². The van der Waals surface area contributed by atoms with Crippen molar-refractivity contribution >= 4 is 5.69 Å². The highest BCUT2D eigenvalue weighted by Gasteiger charge is 2.25. The van der Waals surface area contributed by atoms with E-state index in [9.17, 15) is 10.1 Å². The van der Waals surface area contributed by atoms with E-state index in [0.29, 0.717) is 18.9 Å². The largest absolute Gasteiger partial charge is 0.497 e. The summed E-state index contributed by atoms with van der Waals surface area (Å²) in [5.41, 5.74) is 0.881. The van der Waals surface area contributed by atoms with Crippen molar-refractivity contribution in [2.75, 3.05) is 7.11 Å². The summed E-state index contributed by atoms with van der Waals surface area (Å²) in [5, 5.41) is 23.1. The normalized spacial score (nSPS) is 10.8. The smallest absolute Gasteiger partial charge is 0.320 e. The number of nitrogens with zero attached hydrogens (tertiary/aromatic N) is 5. The fourth-order valence-electron chi connectivity index (χ4n) is 2.20. The SMILES string of the molecule is CCn1cc([N+](=O)[O-])c(-c2nnc(Cc3ccc(OC)cc3)o2)n1. The lowest BCUT2D eigenvalue weighted by Gasteiger charge is -2.00. The van der Waals surface area contributed by atoms with Gasteiger partial charge in [-0.05, 0) is 24.6 Å². The Morgan fingerprint density at radius 2 is 2.04 bits per heavy atom. The molecule has 1 aromatic carbocycles. The Labute approximate surface area is 137 Å². The maximum atomic E-state index is 11.1. The number of hydrogen-bond acceptors (Lipinski definition) is 7. The number of rotatable bonds is 6. The first-order chi connectivity index (χ1) is 11.6. The van der Waals surface area contributed by atoms with Gasteiger partial charge < -0.3 is 9.15 Å². The number of hydrogen-bond donors (Lipinski definition) is 0. The minimum absolute atomic E-state index is 0.0393. The summed E-state index contributed by atoms with van der Waals surface area (Å²) in [5.74, 6) is 1.15. The molecule has 0 radical (unpaired) electrons. The van der Waals surface area contributed by atoms with E-state index in [1.807, 2.05) is 31.2 Å². The molecule has 9 heteroatoms. The highest BCUT2D eigenvalue weighted by Crippen LogP contribution is 2.27. The van der Waals surface area contributed by atoms with Crippen LogP contribution in [0.5, 0.6) is 5.75 Å². The molecule has 24 heavy (non-hydrogen) atoms. The zero-order valence-electron chi connectivity index (χ0n) is 13.2. The Kier molecular flexibility index (Phi) is 4.23. The zero-order valence-corrected chi connectivity index (χ0v) is 13.2. The molecule has 0 aliphatic heterocycles. The Bertz CT molecular complexity index is 853. The Balaban J connectivity index is 1.85. The quantitative estimate of drug-likeness (QED) is 0.504. The first-order valence-corrected chi connectivity index (χ1v) is 7.28. The minimum Gasteiger partial charge on any atom is -0.497 e. The van der Waals surface area contributed by atoms with E-state index in [0.717, 1.165) is 11.3 Å². The first-order valence-electron chi connectivity index (χ1n) is 7.28. The molecule has 0 aliphatic rings. The highest BCUT2D eigenvalue weighted by molar-refractivity contribution is 5.60. The summed E-state index contributed by atoms with van der Waals surface area (Å²) in [6.07, 6.45) is 1.77. The van der Waals surface area contributed by atoms with Crippen molar-refractivity contribution in [3.05, 3.63) is 52.0 Å². The van der Waals surface area contributed by atoms with E-state index in [1.165, 1.54) is 10.9 Å². The summed E-state index contributed by atoms with van der Waals surface area (Å²) in [7, 11) is 1.60. The van der Waals surface area contributed by atoms with Crippen LogP contribution in [0.1, 0.15) is 18.4 Å². The molecule has 0 N–H and O–H groups in total. The van der Waals surface area contributed by atoms with Crippen molar-refractivity contribution in [1.82, 2.24) is 20.0 Å².